The molecule has 0 aliphatic carbocycles. The topological polar surface area (TPSA) is 75.1 Å². The summed E-state index contributed by atoms with van der Waals surface area (Å²) in [6.07, 6.45) is 0.971. The fourth-order valence-corrected chi connectivity index (χ4v) is 1.62. The number of anilines is 1. The van der Waals surface area contributed by atoms with Gasteiger partial charge in [-0.05, 0) is 25.1 Å². The molecule has 0 amide bonds. The van der Waals surface area contributed by atoms with Gasteiger partial charge in [0.1, 0.15) is 17.2 Å². The molecule has 0 radical (unpaired) electrons. The van der Waals surface area contributed by atoms with Gasteiger partial charge in [0.05, 0.1) is 18.4 Å². The van der Waals surface area contributed by atoms with Crippen LogP contribution >= 0.6 is 0 Å². The van der Waals surface area contributed by atoms with Crippen LogP contribution in [0.15, 0.2) is 30.5 Å². The Kier molecular flexibility index (Phi) is 3.70. The van der Waals surface area contributed by atoms with Crippen LogP contribution in [0.5, 0.6) is 0 Å². The van der Waals surface area contributed by atoms with Crippen molar-refractivity contribution in [3.8, 4) is 0 Å². The average molecular weight is 261 g/mol. The molecule has 19 heavy (non-hydrogen) atoms. The molecule has 0 unspecified atom stereocenters. The molecule has 0 spiro atoms. The number of nitrogens with one attached hydrogen (secondary N) is 1. The lowest BCUT2D eigenvalue weighted by atomic mass is 10.2. The second-order valence-electron chi connectivity index (χ2n) is 3.98. The Labute approximate surface area is 109 Å². The van der Waals surface area contributed by atoms with Gasteiger partial charge in [-0.25, -0.2) is 14.2 Å². The van der Waals surface area contributed by atoms with E-state index in [9.17, 15) is 9.18 Å². The molecule has 0 atom stereocenters. The monoisotopic (exact) mass is 261 g/mol. The number of carbonyl (C=O) groups is 1. The van der Waals surface area contributed by atoms with Crippen LogP contribution in [0.4, 0.5) is 10.2 Å². The van der Waals surface area contributed by atoms with E-state index in [2.05, 4.69) is 15.3 Å². The molecule has 0 bridgehead atoms. The third kappa shape index (κ3) is 3.25. The molecule has 5 nitrogen and oxygen atoms in total. The highest BCUT2D eigenvalue weighted by molar-refractivity contribution is 5.93. The molecular formula is C13H12FN3O2. The van der Waals surface area contributed by atoms with Gasteiger partial charge in [0, 0.05) is 5.69 Å². The van der Waals surface area contributed by atoms with Crippen LogP contribution in [0.1, 0.15) is 21.7 Å². The molecule has 2 rings (SSSR count). The normalized spacial score (nSPS) is 10.2. The highest BCUT2D eigenvalue weighted by Gasteiger charge is 2.12. The zero-order chi connectivity index (χ0) is 13.8. The molecule has 0 aromatic carbocycles. The predicted molar refractivity (Wildman–Crippen MR) is 67.5 cm³/mol. The summed E-state index contributed by atoms with van der Waals surface area (Å²) in [6.45, 7) is 2.18. The molecule has 2 heterocycles. The lowest BCUT2D eigenvalue weighted by Crippen LogP contribution is -2.09. The van der Waals surface area contributed by atoms with Gasteiger partial charge in [0.25, 0.3) is 0 Å². The zero-order valence-electron chi connectivity index (χ0n) is 10.2. The fraction of sp³-hybridized carbons (Fsp3) is 0.154. The third-order valence-electron chi connectivity index (χ3n) is 2.47. The molecule has 0 fully saturated rings. The van der Waals surface area contributed by atoms with Gasteiger partial charge in [-0.1, -0.05) is 6.07 Å². The minimum absolute atomic E-state index is 0.122. The molecule has 2 aromatic rings. The number of aromatic carboxylic acids is 1. The van der Waals surface area contributed by atoms with Crippen LogP contribution in [-0.4, -0.2) is 21.0 Å². The van der Waals surface area contributed by atoms with Gasteiger partial charge in [-0.3, -0.25) is 4.98 Å². The molecule has 98 valence electrons. The fourth-order valence-electron chi connectivity index (χ4n) is 1.62. The second kappa shape index (κ2) is 5.43. The van der Waals surface area contributed by atoms with E-state index in [1.54, 1.807) is 0 Å². The second-order valence-corrected chi connectivity index (χ2v) is 3.98. The number of aromatic nitrogens is 2. The first-order valence-corrected chi connectivity index (χ1v) is 5.61. The SMILES string of the molecule is Cc1cccc(CNc2ncc(F)cc2C(=O)O)n1. The maximum atomic E-state index is 13.0. The molecule has 6 heteroatoms. The highest BCUT2D eigenvalue weighted by Crippen LogP contribution is 2.14. The molecule has 0 aliphatic rings. The van der Waals surface area contributed by atoms with Crippen molar-refractivity contribution in [2.45, 2.75) is 13.5 Å². The molecule has 0 aliphatic heterocycles. The predicted octanol–water partition coefficient (Wildman–Crippen LogP) is 2.23. The number of pyridine rings is 2. The Hall–Kier alpha value is -2.50. The van der Waals surface area contributed by atoms with Crippen molar-refractivity contribution in [2.24, 2.45) is 0 Å². The maximum Gasteiger partial charge on any atom is 0.339 e. The van der Waals surface area contributed by atoms with E-state index in [4.69, 9.17) is 5.11 Å². The van der Waals surface area contributed by atoms with Crippen molar-refractivity contribution < 1.29 is 14.3 Å². The van der Waals surface area contributed by atoms with E-state index < -0.39 is 11.8 Å². The standard InChI is InChI=1S/C13H12FN3O2/c1-8-3-2-4-10(17-8)7-16-12-11(13(18)19)5-9(14)6-15-12/h2-6H,7H2,1H3,(H,15,16)(H,18,19). The van der Waals surface area contributed by atoms with Crippen LogP contribution < -0.4 is 5.32 Å². The summed E-state index contributed by atoms with van der Waals surface area (Å²) in [7, 11) is 0. The Morgan fingerprint density at radius 2 is 2.26 bits per heavy atom. The number of hydrogen-bond donors (Lipinski definition) is 2. The van der Waals surface area contributed by atoms with Crippen molar-refractivity contribution in [1.82, 2.24) is 9.97 Å². The maximum absolute atomic E-state index is 13.0. The Morgan fingerprint density at radius 1 is 1.47 bits per heavy atom. The van der Waals surface area contributed by atoms with Crippen LogP contribution in [-0.2, 0) is 6.54 Å². The molecule has 2 aromatic heterocycles. The van der Waals surface area contributed by atoms with Gasteiger partial charge >= 0.3 is 5.97 Å². The zero-order valence-corrected chi connectivity index (χ0v) is 10.2. The van der Waals surface area contributed by atoms with E-state index >= 15 is 0 Å². The van der Waals surface area contributed by atoms with Crippen LogP contribution in [0.2, 0.25) is 0 Å². The summed E-state index contributed by atoms with van der Waals surface area (Å²) in [5.74, 6) is -1.79. The summed E-state index contributed by atoms with van der Waals surface area (Å²) in [5, 5.41) is 11.8. The third-order valence-corrected chi connectivity index (χ3v) is 2.47. The average Bonchev–Trinajstić information content (AvgIpc) is 2.37. The number of nitrogens with zero attached hydrogens (tertiary/aromatic N) is 2. The summed E-state index contributed by atoms with van der Waals surface area (Å²) in [5.41, 5.74) is 1.42. The van der Waals surface area contributed by atoms with Crippen molar-refractivity contribution in [1.29, 1.82) is 0 Å². The summed E-state index contributed by atoms with van der Waals surface area (Å²) >= 11 is 0. The van der Waals surface area contributed by atoms with Crippen LogP contribution in [0.25, 0.3) is 0 Å². The molecule has 0 saturated heterocycles. The highest BCUT2D eigenvalue weighted by atomic mass is 19.1. The van der Waals surface area contributed by atoms with Crippen LogP contribution in [0, 0.1) is 12.7 Å². The van der Waals surface area contributed by atoms with E-state index in [0.717, 1.165) is 23.7 Å². The first-order chi connectivity index (χ1) is 9.06. The van der Waals surface area contributed by atoms with Gasteiger partial charge in [0.15, 0.2) is 0 Å². The number of carboxylic acids is 1. The smallest absolute Gasteiger partial charge is 0.339 e. The number of carboxylic acid groups (broad SMARTS) is 1. The molecule has 2 N–H and O–H groups in total. The number of aryl methyl sites for hydroxylation is 1. The number of hydrogen-bond acceptors (Lipinski definition) is 4. The summed E-state index contributed by atoms with van der Waals surface area (Å²) in [4.78, 5) is 19.0. The van der Waals surface area contributed by atoms with Gasteiger partial charge in [0.2, 0.25) is 0 Å². The summed E-state index contributed by atoms with van der Waals surface area (Å²) in [6, 6.07) is 6.46. The van der Waals surface area contributed by atoms with Crippen molar-refractivity contribution in [2.75, 3.05) is 5.32 Å². The van der Waals surface area contributed by atoms with Gasteiger partial charge in [-0.2, -0.15) is 0 Å². The minimum atomic E-state index is -1.23. The van der Waals surface area contributed by atoms with E-state index in [1.807, 2.05) is 25.1 Å². The first kappa shape index (κ1) is 12.9. The van der Waals surface area contributed by atoms with Crippen molar-refractivity contribution in [3.63, 3.8) is 0 Å². The van der Waals surface area contributed by atoms with E-state index in [-0.39, 0.29) is 11.4 Å². The quantitative estimate of drug-likeness (QED) is 0.882. The van der Waals surface area contributed by atoms with Crippen LogP contribution in [0.3, 0.4) is 0 Å². The molecule has 0 saturated carbocycles. The van der Waals surface area contributed by atoms with Crippen molar-refractivity contribution >= 4 is 11.8 Å². The largest absolute Gasteiger partial charge is 0.478 e. The minimum Gasteiger partial charge on any atom is -0.478 e. The lowest BCUT2D eigenvalue weighted by Gasteiger charge is -2.08. The number of halogens is 1. The van der Waals surface area contributed by atoms with Crippen molar-refractivity contribution in [3.05, 3.63) is 53.2 Å². The first-order valence-electron chi connectivity index (χ1n) is 5.61. The lowest BCUT2D eigenvalue weighted by molar-refractivity contribution is 0.0697. The van der Waals surface area contributed by atoms with Gasteiger partial charge in [-0.15, -0.1) is 0 Å². The summed E-state index contributed by atoms with van der Waals surface area (Å²) < 4.78 is 13.0. The Balaban J connectivity index is 2.17. The van der Waals surface area contributed by atoms with E-state index in [1.165, 1.54) is 0 Å². The van der Waals surface area contributed by atoms with Gasteiger partial charge < -0.3 is 10.4 Å². The Morgan fingerprint density at radius 3 is 2.95 bits per heavy atom. The van der Waals surface area contributed by atoms with E-state index in [0.29, 0.717) is 6.54 Å². The number of rotatable bonds is 4. The Bertz CT molecular complexity index is 617. The molecular weight excluding hydrogens is 249 g/mol.